The molecule has 15 heteroatoms. The number of fused-ring (bicyclic) bond motifs is 1. The summed E-state index contributed by atoms with van der Waals surface area (Å²) in [6.45, 7) is 0.587. The molecule has 2 aromatic heterocycles. The monoisotopic (exact) mass is 539 g/mol. The zero-order chi connectivity index (χ0) is 27.4. The quantitative estimate of drug-likeness (QED) is 0.298. The molecule has 4 rings (SSSR count). The Kier molecular flexibility index (Phi) is 7.85. The third-order valence-electron chi connectivity index (χ3n) is 5.75. The molecule has 0 bridgehead atoms. The number of carboxylic acids is 1. The lowest BCUT2D eigenvalue weighted by atomic mass is 10.1. The molecule has 6 N–H and O–H groups in total. The second-order valence-electron chi connectivity index (χ2n) is 8.47. The number of carbonyl (C=O) groups is 4. The van der Waals surface area contributed by atoms with E-state index in [0.717, 1.165) is 22.3 Å². The lowest BCUT2D eigenvalue weighted by molar-refractivity contribution is -0.137. The standard InChI is InChI=1S/C23H25N9O5S/c1-31(11-13-10-26-19-17(27-13)18(24)29-22(25)30-19)14-4-2-12(3-5-14)20(35)28-15(6-7-16(33)34)21(36)32-8-9-38-23(32)37/h2-5,10,15H,6-9,11H2,1H3,(H,28,35)(H,33,34)(H4,24,25,26,29,30)/t15-/m0/s1. The number of nitrogens with one attached hydrogen (secondary N) is 1. The minimum absolute atomic E-state index is 0.0133. The number of amides is 3. The van der Waals surface area contributed by atoms with Crippen molar-refractivity contribution in [3.8, 4) is 0 Å². The number of imide groups is 1. The third kappa shape index (κ3) is 6.05. The van der Waals surface area contributed by atoms with Crippen molar-refractivity contribution in [3.05, 3.63) is 41.7 Å². The Morgan fingerprint density at radius 1 is 1.18 bits per heavy atom. The zero-order valence-corrected chi connectivity index (χ0v) is 21.1. The topological polar surface area (TPSA) is 211 Å². The normalized spacial score (nSPS) is 13.9. The minimum Gasteiger partial charge on any atom is -0.481 e. The highest BCUT2D eigenvalue weighted by Crippen LogP contribution is 2.21. The molecule has 0 spiro atoms. The maximum Gasteiger partial charge on any atom is 0.303 e. The number of aromatic nitrogens is 4. The summed E-state index contributed by atoms with van der Waals surface area (Å²) in [4.78, 5) is 68.2. The van der Waals surface area contributed by atoms with E-state index in [1.807, 2.05) is 11.9 Å². The molecule has 3 aromatic rings. The molecule has 0 saturated carbocycles. The maximum atomic E-state index is 12.9. The van der Waals surface area contributed by atoms with Crippen LogP contribution in [0.2, 0.25) is 0 Å². The molecule has 1 aliphatic heterocycles. The molecule has 1 fully saturated rings. The van der Waals surface area contributed by atoms with Crippen LogP contribution in [0.5, 0.6) is 0 Å². The van der Waals surface area contributed by atoms with Crippen LogP contribution in [0.25, 0.3) is 11.2 Å². The van der Waals surface area contributed by atoms with Gasteiger partial charge in [0.25, 0.3) is 17.1 Å². The van der Waals surface area contributed by atoms with Crippen molar-refractivity contribution in [1.82, 2.24) is 30.2 Å². The van der Waals surface area contributed by atoms with Gasteiger partial charge in [-0.2, -0.15) is 9.97 Å². The van der Waals surface area contributed by atoms with E-state index in [0.29, 0.717) is 29.2 Å². The van der Waals surface area contributed by atoms with Crippen LogP contribution in [0, 0.1) is 0 Å². The highest BCUT2D eigenvalue weighted by Gasteiger charge is 2.33. The van der Waals surface area contributed by atoms with Crippen molar-refractivity contribution in [3.63, 3.8) is 0 Å². The first-order valence-electron chi connectivity index (χ1n) is 11.5. The summed E-state index contributed by atoms with van der Waals surface area (Å²) in [6.07, 6.45) is 1.09. The molecule has 1 aliphatic rings. The summed E-state index contributed by atoms with van der Waals surface area (Å²) in [5.74, 6) is -1.68. The fraction of sp³-hybridized carbons (Fsp3) is 0.304. The number of nitrogens with two attached hydrogens (primary N) is 2. The van der Waals surface area contributed by atoms with Gasteiger partial charge < -0.3 is 26.8 Å². The Bertz CT molecular complexity index is 1400. The number of hydrogen-bond donors (Lipinski definition) is 4. The molecular formula is C23H25N9O5S. The van der Waals surface area contributed by atoms with Crippen LogP contribution in [0.4, 0.5) is 22.2 Å². The van der Waals surface area contributed by atoms with Crippen LogP contribution in [0.15, 0.2) is 30.5 Å². The van der Waals surface area contributed by atoms with Crippen LogP contribution in [-0.4, -0.2) is 78.4 Å². The molecule has 0 unspecified atom stereocenters. The average molecular weight is 540 g/mol. The fourth-order valence-electron chi connectivity index (χ4n) is 3.81. The van der Waals surface area contributed by atoms with Crippen molar-refractivity contribution in [2.75, 3.05) is 35.7 Å². The molecule has 1 aromatic carbocycles. The van der Waals surface area contributed by atoms with E-state index in [1.165, 1.54) is 0 Å². The molecule has 14 nitrogen and oxygen atoms in total. The highest BCUT2D eigenvalue weighted by atomic mass is 32.2. The van der Waals surface area contributed by atoms with Gasteiger partial charge in [0.05, 0.1) is 18.4 Å². The Morgan fingerprint density at radius 2 is 1.92 bits per heavy atom. The summed E-state index contributed by atoms with van der Waals surface area (Å²) in [5, 5.41) is 11.2. The van der Waals surface area contributed by atoms with Crippen LogP contribution in [-0.2, 0) is 16.1 Å². The number of benzene rings is 1. The second-order valence-corrected chi connectivity index (χ2v) is 9.51. The summed E-state index contributed by atoms with van der Waals surface area (Å²) in [5.41, 5.74) is 13.8. The smallest absolute Gasteiger partial charge is 0.303 e. The van der Waals surface area contributed by atoms with Gasteiger partial charge >= 0.3 is 5.97 Å². The second kappa shape index (κ2) is 11.2. The lowest BCUT2D eigenvalue weighted by Crippen LogP contribution is -2.48. The van der Waals surface area contributed by atoms with Gasteiger partial charge in [-0.15, -0.1) is 0 Å². The molecule has 38 heavy (non-hydrogen) atoms. The van der Waals surface area contributed by atoms with Gasteiger partial charge in [-0.05, 0) is 30.7 Å². The molecule has 1 saturated heterocycles. The number of anilines is 3. The van der Waals surface area contributed by atoms with E-state index in [2.05, 4.69) is 25.3 Å². The van der Waals surface area contributed by atoms with E-state index < -0.39 is 29.1 Å². The molecule has 3 heterocycles. The van der Waals surface area contributed by atoms with Gasteiger partial charge in [0, 0.05) is 37.0 Å². The van der Waals surface area contributed by atoms with E-state index >= 15 is 0 Å². The van der Waals surface area contributed by atoms with E-state index in [1.54, 1.807) is 30.5 Å². The number of aliphatic carboxylic acids is 1. The predicted molar refractivity (Wildman–Crippen MR) is 140 cm³/mol. The van der Waals surface area contributed by atoms with E-state index in [-0.39, 0.29) is 36.7 Å². The van der Waals surface area contributed by atoms with Crippen molar-refractivity contribution in [1.29, 1.82) is 0 Å². The van der Waals surface area contributed by atoms with Crippen LogP contribution in [0.1, 0.15) is 28.9 Å². The lowest BCUT2D eigenvalue weighted by Gasteiger charge is -2.22. The first kappa shape index (κ1) is 26.5. The number of nitrogens with zero attached hydrogens (tertiary/aromatic N) is 6. The van der Waals surface area contributed by atoms with Gasteiger partial charge in [0.1, 0.15) is 6.04 Å². The number of carboxylic acid groups (broad SMARTS) is 1. The summed E-state index contributed by atoms with van der Waals surface area (Å²) in [6, 6.07) is 5.46. The highest BCUT2D eigenvalue weighted by molar-refractivity contribution is 8.13. The molecule has 3 amide bonds. The van der Waals surface area contributed by atoms with Crippen molar-refractivity contribution >= 4 is 63.4 Å². The number of carbonyl (C=O) groups excluding carboxylic acids is 3. The molecule has 198 valence electrons. The van der Waals surface area contributed by atoms with Crippen LogP contribution in [0.3, 0.4) is 0 Å². The number of hydrogen-bond acceptors (Lipinski definition) is 12. The third-order valence-corrected chi connectivity index (χ3v) is 6.60. The SMILES string of the molecule is CN(Cc1cnc2nc(N)nc(N)c2n1)c1ccc(C(=O)N[C@@H](CCC(=O)O)C(=O)N2CCSC2=O)cc1. The van der Waals surface area contributed by atoms with Gasteiger partial charge in [0.15, 0.2) is 17.0 Å². The van der Waals surface area contributed by atoms with E-state index in [9.17, 15) is 19.2 Å². The van der Waals surface area contributed by atoms with Crippen LogP contribution >= 0.6 is 11.8 Å². The van der Waals surface area contributed by atoms with Crippen molar-refractivity contribution in [2.24, 2.45) is 0 Å². The van der Waals surface area contributed by atoms with Gasteiger partial charge in [0.2, 0.25) is 5.95 Å². The summed E-state index contributed by atoms with van der Waals surface area (Å²) >= 11 is 1.00. The molecule has 0 aliphatic carbocycles. The predicted octanol–water partition coefficient (Wildman–Crippen LogP) is 0.879. The van der Waals surface area contributed by atoms with Crippen molar-refractivity contribution < 1.29 is 24.3 Å². The van der Waals surface area contributed by atoms with Gasteiger partial charge in [-0.1, -0.05) is 11.8 Å². The van der Waals surface area contributed by atoms with Gasteiger partial charge in [-0.25, -0.2) is 9.97 Å². The Labute approximate surface area is 220 Å². The zero-order valence-electron chi connectivity index (χ0n) is 20.3. The Balaban J connectivity index is 1.43. The minimum atomic E-state index is -1.14. The first-order chi connectivity index (χ1) is 18.1. The number of rotatable bonds is 9. The van der Waals surface area contributed by atoms with Crippen LogP contribution < -0.4 is 21.7 Å². The Hall–Kier alpha value is -4.53. The number of thioether (sulfide) groups is 1. The first-order valence-corrected chi connectivity index (χ1v) is 12.5. The molecule has 0 radical (unpaired) electrons. The van der Waals surface area contributed by atoms with E-state index in [4.69, 9.17) is 16.6 Å². The largest absolute Gasteiger partial charge is 0.481 e. The molecule has 1 atom stereocenters. The van der Waals surface area contributed by atoms with Gasteiger partial charge in [-0.3, -0.25) is 24.1 Å². The van der Waals surface area contributed by atoms with Crippen molar-refractivity contribution in [2.45, 2.75) is 25.4 Å². The number of nitrogen functional groups attached to an aromatic ring is 2. The maximum absolute atomic E-state index is 12.9. The summed E-state index contributed by atoms with van der Waals surface area (Å²) in [7, 11) is 1.83. The Morgan fingerprint density at radius 3 is 2.58 bits per heavy atom. The molecular weight excluding hydrogens is 514 g/mol. The summed E-state index contributed by atoms with van der Waals surface area (Å²) < 4.78 is 0. The fourth-order valence-corrected chi connectivity index (χ4v) is 4.59. The average Bonchev–Trinajstić information content (AvgIpc) is 3.32.